The number of benzene rings is 1. The van der Waals surface area contributed by atoms with Crippen molar-refractivity contribution >= 4 is 53.6 Å². The van der Waals surface area contributed by atoms with Crippen LogP contribution in [0.1, 0.15) is 65.7 Å². The number of esters is 7. The van der Waals surface area contributed by atoms with E-state index in [1.807, 2.05) is 0 Å². The molecule has 2 amide bonds. The summed E-state index contributed by atoms with van der Waals surface area (Å²) >= 11 is 0. The molecule has 2 saturated heterocycles. The number of ether oxygens (including phenoxy) is 10. The molecular formula is C35H44N2O19. The van der Waals surface area contributed by atoms with E-state index >= 15 is 0 Å². The largest absolute Gasteiger partial charge is 0.463 e. The molecule has 3 rings (SSSR count). The fourth-order valence-electron chi connectivity index (χ4n) is 5.76. The van der Waals surface area contributed by atoms with Crippen molar-refractivity contribution in [1.82, 2.24) is 10.6 Å². The molecule has 0 unspecified atom stereocenters. The highest BCUT2D eigenvalue weighted by Gasteiger charge is 2.53. The number of carbonyl (C=O) groups is 9. The molecule has 2 fully saturated rings. The molecular weight excluding hydrogens is 752 g/mol. The zero-order chi connectivity index (χ0) is 41.9. The van der Waals surface area contributed by atoms with Crippen LogP contribution in [-0.4, -0.2) is 128 Å². The molecule has 0 saturated carbocycles. The maximum atomic E-state index is 13.5. The summed E-state index contributed by atoms with van der Waals surface area (Å²) in [7, 11) is 0. The minimum absolute atomic E-state index is 0.0336. The zero-order valence-electron chi connectivity index (χ0n) is 31.8. The maximum absolute atomic E-state index is 13.5. The van der Waals surface area contributed by atoms with E-state index in [4.69, 9.17) is 47.4 Å². The van der Waals surface area contributed by atoms with Crippen LogP contribution in [0.4, 0.5) is 0 Å². The van der Waals surface area contributed by atoms with Crippen molar-refractivity contribution in [2.24, 2.45) is 0 Å². The van der Waals surface area contributed by atoms with Crippen LogP contribution in [0.2, 0.25) is 0 Å². The molecule has 0 bridgehead atoms. The Morgan fingerprint density at radius 2 is 0.875 bits per heavy atom. The van der Waals surface area contributed by atoms with E-state index in [-0.39, 0.29) is 11.3 Å². The van der Waals surface area contributed by atoms with Crippen molar-refractivity contribution in [3.8, 4) is 5.75 Å². The lowest BCUT2D eigenvalue weighted by molar-refractivity contribution is -0.263. The van der Waals surface area contributed by atoms with Crippen molar-refractivity contribution in [3.05, 3.63) is 29.8 Å². The summed E-state index contributed by atoms with van der Waals surface area (Å²) in [6, 6.07) is 2.42. The van der Waals surface area contributed by atoms with Gasteiger partial charge in [-0.25, -0.2) is 4.79 Å². The third-order valence-electron chi connectivity index (χ3n) is 7.71. The summed E-state index contributed by atoms with van der Waals surface area (Å²) < 4.78 is 55.2. The van der Waals surface area contributed by atoms with Crippen LogP contribution in [-0.2, 0) is 81.0 Å². The molecule has 10 atom stereocenters. The molecule has 1 aromatic rings. The van der Waals surface area contributed by atoms with E-state index in [1.54, 1.807) is 0 Å². The second-order valence-electron chi connectivity index (χ2n) is 12.5. The smallest absolute Gasteiger partial charge is 0.340 e. The van der Waals surface area contributed by atoms with Gasteiger partial charge in [-0.1, -0.05) is 0 Å². The van der Waals surface area contributed by atoms with Gasteiger partial charge in [0.2, 0.25) is 24.4 Å². The first-order valence-corrected chi connectivity index (χ1v) is 17.0. The Balaban J connectivity index is 1.93. The van der Waals surface area contributed by atoms with Crippen molar-refractivity contribution in [1.29, 1.82) is 0 Å². The minimum atomic E-state index is -1.69. The molecule has 56 heavy (non-hydrogen) atoms. The van der Waals surface area contributed by atoms with Crippen LogP contribution in [0.15, 0.2) is 24.3 Å². The number of hydrogen-bond acceptors (Lipinski definition) is 19. The van der Waals surface area contributed by atoms with E-state index in [1.165, 1.54) is 31.2 Å². The Morgan fingerprint density at radius 1 is 0.500 bits per heavy atom. The van der Waals surface area contributed by atoms with Gasteiger partial charge in [-0.3, -0.25) is 38.4 Å². The highest BCUT2D eigenvalue weighted by atomic mass is 16.7. The van der Waals surface area contributed by atoms with Gasteiger partial charge in [0.05, 0.1) is 5.56 Å². The molecule has 21 heteroatoms. The number of rotatable bonds is 14. The standard InChI is InChI=1S/C35H44N2O19/c1-15(38)36-27-31(51-21(7)44)29(49-19(5)42)25(13-47-17(3)40)54-34(27)53-24-11-9-23(10-12-24)33(46)56-35-28(37-16(2)39)32(52-22(8)45)30(50-20(6)43)26(55-35)14-48-18(4)41/h9-12,25-32,34-35H,13-14H2,1-8H3,(H,36,38)(H,37,39)/t25-,26-,27+,28+,29+,30+,31-,32-,34-,35+/m1/s1. The Kier molecular flexibility index (Phi) is 16.1. The molecule has 0 radical (unpaired) electrons. The molecule has 2 aliphatic rings. The topological polar surface area (TPSA) is 270 Å². The van der Waals surface area contributed by atoms with Crippen LogP contribution < -0.4 is 15.4 Å². The monoisotopic (exact) mass is 796 g/mol. The molecule has 21 nitrogen and oxygen atoms in total. The lowest BCUT2D eigenvalue weighted by atomic mass is 9.96. The van der Waals surface area contributed by atoms with E-state index in [2.05, 4.69) is 10.6 Å². The van der Waals surface area contributed by atoms with Gasteiger partial charge in [-0.05, 0) is 24.3 Å². The van der Waals surface area contributed by atoms with Crippen molar-refractivity contribution < 1.29 is 90.5 Å². The SMILES string of the molecule is CC(=O)N[C@@H]1[C@H](OC(=O)c2ccc(O[C@@H]3O[C@H](COC(C)=O)[C@H](OC(C)=O)[C@H](OC(C)=O)[C@@H]3NC(C)=O)cc2)O[C@H](COC(C)=O)[C@H](OC(C)=O)[C@@H]1OC(C)=O. The Hall–Kier alpha value is -5.83. The second-order valence-corrected chi connectivity index (χ2v) is 12.5. The third-order valence-corrected chi connectivity index (χ3v) is 7.71. The van der Waals surface area contributed by atoms with Crippen LogP contribution in [0.3, 0.4) is 0 Å². The predicted octanol–water partition coefficient (Wildman–Crippen LogP) is -0.466. The number of nitrogens with one attached hydrogen (secondary N) is 2. The van der Waals surface area contributed by atoms with E-state index < -0.39 is 128 Å². The first-order valence-electron chi connectivity index (χ1n) is 17.0. The number of hydrogen-bond donors (Lipinski definition) is 2. The fraction of sp³-hybridized carbons (Fsp3) is 0.571. The van der Waals surface area contributed by atoms with Crippen LogP contribution in [0.25, 0.3) is 0 Å². The van der Waals surface area contributed by atoms with E-state index in [0.717, 1.165) is 48.5 Å². The first kappa shape index (κ1) is 44.6. The molecule has 0 aliphatic carbocycles. The third kappa shape index (κ3) is 13.2. The zero-order valence-corrected chi connectivity index (χ0v) is 31.8. The van der Waals surface area contributed by atoms with Gasteiger partial charge in [0.25, 0.3) is 0 Å². The van der Waals surface area contributed by atoms with Crippen molar-refractivity contribution in [2.75, 3.05) is 13.2 Å². The summed E-state index contributed by atoms with van der Waals surface area (Å²) in [5.41, 5.74) is -0.103. The van der Waals surface area contributed by atoms with Gasteiger partial charge in [0, 0.05) is 55.4 Å². The highest BCUT2D eigenvalue weighted by molar-refractivity contribution is 5.89. The maximum Gasteiger partial charge on any atom is 0.340 e. The summed E-state index contributed by atoms with van der Waals surface area (Å²) in [4.78, 5) is 110. The molecule has 2 N–H and O–H groups in total. The normalized spacial score (nSPS) is 26.9. The summed E-state index contributed by atoms with van der Waals surface area (Å²) in [5.74, 6) is -6.95. The van der Waals surface area contributed by atoms with Crippen LogP contribution >= 0.6 is 0 Å². The lowest BCUT2D eigenvalue weighted by Crippen LogP contribution is -2.67. The Morgan fingerprint density at radius 3 is 1.25 bits per heavy atom. The van der Waals surface area contributed by atoms with Gasteiger partial charge >= 0.3 is 41.8 Å². The van der Waals surface area contributed by atoms with E-state index in [9.17, 15) is 43.2 Å². The van der Waals surface area contributed by atoms with Crippen molar-refractivity contribution in [2.45, 2.75) is 117 Å². The molecule has 0 aromatic heterocycles. The summed E-state index contributed by atoms with van der Waals surface area (Å²) in [6.45, 7) is 7.86. The summed E-state index contributed by atoms with van der Waals surface area (Å²) in [6.07, 6.45) is -11.4. The van der Waals surface area contributed by atoms with Gasteiger partial charge in [0.1, 0.15) is 43.3 Å². The van der Waals surface area contributed by atoms with Gasteiger partial charge in [-0.2, -0.15) is 0 Å². The minimum Gasteiger partial charge on any atom is -0.463 e. The van der Waals surface area contributed by atoms with Gasteiger partial charge in [-0.15, -0.1) is 0 Å². The Bertz CT molecular complexity index is 1650. The predicted molar refractivity (Wildman–Crippen MR) is 180 cm³/mol. The quantitative estimate of drug-likeness (QED) is 0.178. The molecule has 308 valence electrons. The van der Waals surface area contributed by atoms with Crippen LogP contribution in [0.5, 0.6) is 5.75 Å². The molecule has 2 heterocycles. The lowest BCUT2D eigenvalue weighted by Gasteiger charge is -2.44. The highest BCUT2D eigenvalue weighted by Crippen LogP contribution is 2.31. The molecule has 1 aromatic carbocycles. The van der Waals surface area contributed by atoms with Gasteiger partial charge < -0.3 is 58.0 Å². The van der Waals surface area contributed by atoms with E-state index in [0.29, 0.717) is 0 Å². The molecule has 0 spiro atoms. The van der Waals surface area contributed by atoms with Gasteiger partial charge in [0.15, 0.2) is 24.4 Å². The number of carbonyl (C=O) groups excluding carboxylic acids is 9. The second kappa shape index (κ2) is 20.2. The fourth-order valence-corrected chi connectivity index (χ4v) is 5.76. The number of amides is 2. The van der Waals surface area contributed by atoms with Crippen LogP contribution in [0, 0.1) is 0 Å². The average Bonchev–Trinajstić information content (AvgIpc) is 3.07. The first-order chi connectivity index (χ1) is 26.2. The summed E-state index contributed by atoms with van der Waals surface area (Å²) in [5, 5.41) is 5.05. The molecule has 2 aliphatic heterocycles. The Labute approximate surface area is 320 Å². The average molecular weight is 797 g/mol. The van der Waals surface area contributed by atoms with Crippen molar-refractivity contribution in [3.63, 3.8) is 0 Å².